The Morgan fingerprint density at radius 1 is 1.70 bits per heavy atom. The predicted molar refractivity (Wildman–Crippen MR) is 47.2 cm³/mol. The fourth-order valence-corrected chi connectivity index (χ4v) is 0.637. The van der Waals surface area contributed by atoms with Crippen LogP contribution in [0.2, 0.25) is 0 Å². The molecule has 0 N–H and O–H groups in total. The summed E-state index contributed by atoms with van der Waals surface area (Å²) < 4.78 is 0. The van der Waals surface area contributed by atoms with Gasteiger partial charge in [0.25, 0.3) is 0 Å². The first kappa shape index (κ1) is 9.25. The van der Waals surface area contributed by atoms with Gasteiger partial charge in [-0.15, -0.1) is 0 Å². The van der Waals surface area contributed by atoms with Crippen LogP contribution < -0.4 is 0 Å². The lowest BCUT2D eigenvalue weighted by molar-refractivity contribution is -0.107. The molecule has 3 heteroatoms. The zero-order valence-electron chi connectivity index (χ0n) is 5.87. The number of carbonyl (C=O) groups excluding carboxylic acids is 1. The normalized spacial score (nSPS) is 12.0. The molecule has 0 rings (SSSR count). The zero-order valence-corrected chi connectivity index (χ0v) is 7.03. The summed E-state index contributed by atoms with van der Waals surface area (Å²) in [6.07, 6.45) is 4.89. The third-order valence-corrected chi connectivity index (χ3v) is 1.19. The number of nitrogens with zero attached hydrogens (tertiary/aromatic N) is 1. The van der Waals surface area contributed by atoms with Crippen LogP contribution in [0.5, 0.6) is 0 Å². The highest BCUT2D eigenvalue weighted by Crippen LogP contribution is 2.04. The lowest BCUT2D eigenvalue weighted by Gasteiger charge is -1.89. The molecule has 0 spiro atoms. The van der Waals surface area contributed by atoms with Crippen molar-refractivity contribution < 1.29 is 4.79 Å². The minimum atomic E-state index is -0.0782. The Hall–Kier alpha value is -0.750. The van der Waals surface area contributed by atoms with Crippen molar-refractivity contribution in [3.63, 3.8) is 0 Å². The molecule has 1 unspecified atom stereocenters. The molecule has 2 nitrogen and oxygen atoms in total. The van der Waals surface area contributed by atoms with Crippen molar-refractivity contribution in [2.45, 2.75) is 6.92 Å². The van der Waals surface area contributed by atoms with E-state index in [1.165, 1.54) is 6.20 Å². The van der Waals surface area contributed by atoms with E-state index < -0.39 is 0 Å². The maximum absolute atomic E-state index is 10.7. The monoisotopic (exact) mass is 155 g/mol. The van der Waals surface area contributed by atoms with E-state index in [1.54, 1.807) is 12.2 Å². The second kappa shape index (κ2) is 5.07. The molecule has 10 heavy (non-hydrogen) atoms. The molecule has 0 saturated carbocycles. The Bertz CT molecular complexity index is 194. The molecular weight excluding hydrogens is 145 g/mol. The van der Waals surface area contributed by atoms with Gasteiger partial charge in [-0.2, -0.15) is 0 Å². The van der Waals surface area contributed by atoms with Gasteiger partial charge in [0.2, 0.25) is 0 Å². The average molecular weight is 155 g/mol. The summed E-state index contributed by atoms with van der Waals surface area (Å²) in [5.74, 6) is 0. The van der Waals surface area contributed by atoms with Gasteiger partial charge in [0, 0.05) is 11.8 Å². The van der Waals surface area contributed by atoms with E-state index >= 15 is 0 Å². The van der Waals surface area contributed by atoms with Crippen LogP contribution in [-0.4, -0.2) is 12.2 Å². The second-order valence-corrected chi connectivity index (χ2v) is 2.16. The average Bonchev–Trinajstić information content (AvgIpc) is 1.87. The van der Waals surface area contributed by atoms with Crippen LogP contribution in [-0.2, 0) is 4.79 Å². The molecule has 0 amide bonds. The van der Waals surface area contributed by atoms with E-state index in [9.17, 15) is 4.79 Å². The molecule has 54 valence electrons. The Morgan fingerprint density at radius 2 is 2.30 bits per heavy atom. The molecule has 0 aromatic rings. The smallest absolute Gasteiger partial charge is 0.179 e. The van der Waals surface area contributed by atoms with Crippen LogP contribution in [0.3, 0.4) is 0 Å². The van der Waals surface area contributed by atoms with Crippen molar-refractivity contribution >= 4 is 21.5 Å². The van der Waals surface area contributed by atoms with Crippen molar-refractivity contribution in [2.24, 2.45) is 4.99 Å². The first-order valence-corrected chi connectivity index (χ1v) is 3.38. The Morgan fingerprint density at radius 3 is 2.60 bits per heavy atom. The van der Waals surface area contributed by atoms with Crippen molar-refractivity contribution in [1.29, 1.82) is 0 Å². The van der Waals surface area contributed by atoms with E-state index in [0.717, 1.165) is 0 Å². The Kier molecular flexibility index (Phi) is 4.69. The molecule has 1 atom stereocenters. The first-order valence-electron chi connectivity index (χ1n) is 2.81. The van der Waals surface area contributed by atoms with E-state index in [4.69, 9.17) is 0 Å². The van der Waals surface area contributed by atoms with Gasteiger partial charge in [-0.1, -0.05) is 21.4 Å². The van der Waals surface area contributed by atoms with Gasteiger partial charge >= 0.3 is 0 Å². The van der Waals surface area contributed by atoms with Crippen molar-refractivity contribution in [1.82, 2.24) is 0 Å². The molecule has 0 radical (unpaired) electrons. The maximum atomic E-state index is 10.7. The molecule has 0 bridgehead atoms. The van der Waals surface area contributed by atoms with Gasteiger partial charge in [-0.05, 0) is 13.6 Å². The Balaban J connectivity index is 4.41. The van der Waals surface area contributed by atoms with Gasteiger partial charge in [-0.3, -0.25) is 9.79 Å². The molecule has 0 aliphatic heterocycles. The molecule has 0 saturated heterocycles. The van der Waals surface area contributed by atoms with E-state index in [0.29, 0.717) is 5.57 Å². The molecular formula is C7H10NOP. The summed E-state index contributed by atoms with van der Waals surface area (Å²) in [7, 11) is 2.07. The minimum absolute atomic E-state index is 0.0782. The van der Waals surface area contributed by atoms with Crippen LogP contribution in [0, 0.1) is 0 Å². The van der Waals surface area contributed by atoms with Crippen molar-refractivity contribution in [2.75, 3.05) is 0 Å². The van der Waals surface area contributed by atoms with Crippen LogP contribution in [0.1, 0.15) is 6.92 Å². The topological polar surface area (TPSA) is 29.4 Å². The van der Waals surface area contributed by atoms with Gasteiger partial charge in [0.1, 0.15) is 0 Å². The molecule has 0 aromatic heterocycles. The van der Waals surface area contributed by atoms with Crippen LogP contribution in [0.4, 0.5) is 0 Å². The SMILES string of the molecule is C=N/C=C(\C=C/C)C(=O)P. The van der Waals surface area contributed by atoms with Gasteiger partial charge in [0.15, 0.2) is 5.52 Å². The van der Waals surface area contributed by atoms with Crippen LogP contribution in [0.15, 0.2) is 28.9 Å². The predicted octanol–water partition coefficient (Wildman–Crippen LogP) is 1.55. The summed E-state index contributed by atoms with van der Waals surface area (Å²) >= 11 is 0. The van der Waals surface area contributed by atoms with Crippen molar-refractivity contribution in [3.05, 3.63) is 23.9 Å². The van der Waals surface area contributed by atoms with Gasteiger partial charge < -0.3 is 0 Å². The number of hydrogen-bond acceptors (Lipinski definition) is 2. The fraction of sp³-hybridized carbons (Fsp3) is 0.143. The highest BCUT2D eigenvalue weighted by atomic mass is 31.0. The molecule has 0 aliphatic carbocycles. The minimum Gasteiger partial charge on any atom is -0.290 e. The number of rotatable bonds is 3. The van der Waals surface area contributed by atoms with Crippen LogP contribution in [0.25, 0.3) is 0 Å². The van der Waals surface area contributed by atoms with E-state index in [1.807, 2.05) is 6.92 Å². The van der Waals surface area contributed by atoms with Gasteiger partial charge in [0.05, 0.1) is 0 Å². The highest BCUT2D eigenvalue weighted by Gasteiger charge is 1.95. The largest absolute Gasteiger partial charge is 0.290 e. The van der Waals surface area contributed by atoms with Crippen LogP contribution >= 0.6 is 9.24 Å². The Labute approximate surface area is 62.9 Å². The van der Waals surface area contributed by atoms with E-state index in [-0.39, 0.29) is 5.52 Å². The molecule has 0 heterocycles. The van der Waals surface area contributed by atoms with E-state index in [2.05, 4.69) is 20.9 Å². The highest BCUT2D eigenvalue weighted by molar-refractivity contribution is 7.41. The van der Waals surface area contributed by atoms with Crippen molar-refractivity contribution in [3.8, 4) is 0 Å². The number of hydrogen-bond donors (Lipinski definition) is 0. The number of carbonyl (C=O) groups is 1. The quantitative estimate of drug-likeness (QED) is 0.263. The molecule has 0 fully saturated rings. The summed E-state index contributed by atoms with van der Waals surface area (Å²) in [6, 6.07) is 0. The third kappa shape index (κ3) is 3.31. The number of allylic oxidation sites excluding steroid dienone is 3. The maximum Gasteiger partial charge on any atom is 0.179 e. The third-order valence-electron chi connectivity index (χ3n) is 0.861. The second-order valence-electron chi connectivity index (χ2n) is 1.63. The first-order chi connectivity index (χ1) is 4.72. The fourth-order valence-electron chi connectivity index (χ4n) is 0.467. The lowest BCUT2D eigenvalue weighted by Crippen LogP contribution is -1.86. The summed E-state index contributed by atoms with van der Waals surface area (Å²) in [4.78, 5) is 14.2. The summed E-state index contributed by atoms with van der Waals surface area (Å²) in [5.41, 5.74) is 0.466. The number of aliphatic imine (C=N–C) groups is 1. The standard InChI is InChI=1S/C7H10NOP/c1-3-4-6(5-8-2)7(9)10/h3-5H,2,10H2,1H3/b4-3-,6-5+. The summed E-state index contributed by atoms with van der Waals surface area (Å²) in [5, 5.41) is 0. The zero-order chi connectivity index (χ0) is 7.98. The van der Waals surface area contributed by atoms with Gasteiger partial charge in [-0.25, -0.2) is 0 Å². The lowest BCUT2D eigenvalue weighted by atomic mass is 10.3. The molecule has 0 aliphatic rings. The molecule has 0 aromatic carbocycles. The summed E-state index contributed by atoms with van der Waals surface area (Å²) in [6.45, 7) is 5.08.